The number of primary amides is 1. The van der Waals surface area contributed by atoms with E-state index >= 15 is 0 Å². The molecule has 0 bridgehead atoms. The predicted octanol–water partition coefficient (Wildman–Crippen LogP) is 0.304. The topological polar surface area (TPSA) is 69.4 Å². The second-order valence-corrected chi connectivity index (χ2v) is 2.02. The van der Waals surface area contributed by atoms with Crippen molar-refractivity contribution >= 4 is 12.4 Å². The number of hydrogen-bond donors (Lipinski definition) is 1. The molecule has 0 spiro atoms. The molecule has 0 aliphatic rings. The van der Waals surface area contributed by atoms with E-state index in [-0.39, 0.29) is 6.29 Å². The number of aldehydes is 1. The van der Waals surface area contributed by atoms with Gasteiger partial charge in [-0.1, -0.05) is 0 Å². The molecule has 11 heavy (non-hydrogen) atoms. The number of ether oxygens (including phenoxy) is 1. The van der Waals surface area contributed by atoms with Gasteiger partial charge in [0.05, 0.1) is 0 Å². The minimum atomic E-state index is -3.08. The zero-order valence-corrected chi connectivity index (χ0v) is 5.71. The maximum absolute atomic E-state index is 11.9. The predicted molar refractivity (Wildman–Crippen MR) is 31.1 cm³/mol. The molecule has 0 aromatic carbocycles. The van der Waals surface area contributed by atoms with Crippen LogP contribution in [0.3, 0.4) is 0 Å². The molecule has 1 atom stereocenters. The molecule has 64 valence electrons. The normalized spacial score (nSPS) is 15.6. The first kappa shape index (κ1) is 9.80. The minimum absolute atomic E-state index is 0.164. The van der Waals surface area contributed by atoms with Crippen LogP contribution in [-0.4, -0.2) is 24.4 Å². The van der Waals surface area contributed by atoms with Crippen LogP contribution in [0.15, 0.2) is 0 Å². The largest absolute Gasteiger partial charge is 0.429 e. The minimum Gasteiger partial charge on any atom is -0.429 e. The molecule has 2 N–H and O–H groups in total. The van der Waals surface area contributed by atoms with Crippen molar-refractivity contribution < 1.29 is 23.1 Å². The number of hydrogen-bond acceptors (Lipinski definition) is 3. The summed E-state index contributed by atoms with van der Waals surface area (Å²) in [7, 11) is 0. The fraction of sp³-hybridized carbons (Fsp3) is 0.600. The van der Waals surface area contributed by atoms with Gasteiger partial charge in [-0.05, 0) is 6.92 Å². The van der Waals surface area contributed by atoms with Crippen molar-refractivity contribution in [3.8, 4) is 0 Å². The second-order valence-electron chi connectivity index (χ2n) is 2.02. The number of carbonyl (C=O) groups is 2. The first-order chi connectivity index (χ1) is 4.92. The summed E-state index contributed by atoms with van der Waals surface area (Å²) >= 11 is 0. The van der Waals surface area contributed by atoms with Crippen LogP contribution < -0.4 is 5.73 Å². The molecule has 0 saturated heterocycles. The average Bonchev–Trinajstić information content (AvgIpc) is 1.86. The molecule has 1 unspecified atom stereocenters. The Morgan fingerprint density at radius 1 is 1.73 bits per heavy atom. The lowest BCUT2D eigenvalue weighted by Crippen LogP contribution is -2.42. The lowest BCUT2D eigenvalue weighted by molar-refractivity contribution is -0.138. The maximum atomic E-state index is 11.9. The smallest absolute Gasteiger partial charge is 0.405 e. The van der Waals surface area contributed by atoms with Crippen LogP contribution in [0.4, 0.5) is 13.6 Å². The number of alkyl halides is 2. The lowest BCUT2D eigenvalue weighted by atomic mass is 10.1. The number of nitrogens with two attached hydrogens (primary N) is 1. The van der Waals surface area contributed by atoms with Crippen molar-refractivity contribution in [3.05, 3.63) is 0 Å². The first-order valence-corrected chi connectivity index (χ1v) is 2.65. The molecule has 1 amide bonds. The van der Waals surface area contributed by atoms with Gasteiger partial charge in [-0.3, -0.25) is 4.79 Å². The van der Waals surface area contributed by atoms with Gasteiger partial charge in [0.25, 0.3) is 6.43 Å². The Hall–Kier alpha value is -1.20. The van der Waals surface area contributed by atoms with Gasteiger partial charge in [0.15, 0.2) is 6.29 Å². The fourth-order valence-electron chi connectivity index (χ4n) is 0.337. The van der Waals surface area contributed by atoms with E-state index in [0.29, 0.717) is 0 Å². The van der Waals surface area contributed by atoms with Gasteiger partial charge >= 0.3 is 6.09 Å². The van der Waals surface area contributed by atoms with Crippen LogP contribution in [0.1, 0.15) is 6.92 Å². The standard InChI is InChI=1S/C5H7F2NO3/c1-5(2-9,3(6)7)11-4(8)10/h2-3H,1H3,(H2,8,10). The molecular formula is C5H7F2NO3. The van der Waals surface area contributed by atoms with E-state index in [1.54, 1.807) is 0 Å². The zero-order valence-electron chi connectivity index (χ0n) is 5.71. The molecule has 0 aromatic rings. The van der Waals surface area contributed by atoms with E-state index in [1.807, 2.05) is 0 Å². The Morgan fingerprint density at radius 3 is 2.27 bits per heavy atom. The Labute approximate surface area is 61.3 Å². The molecule has 4 nitrogen and oxygen atoms in total. The van der Waals surface area contributed by atoms with E-state index in [4.69, 9.17) is 0 Å². The van der Waals surface area contributed by atoms with Gasteiger partial charge in [0.1, 0.15) is 0 Å². The summed E-state index contributed by atoms with van der Waals surface area (Å²) in [5.74, 6) is 0. The molecular weight excluding hydrogens is 160 g/mol. The first-order valence-electron chi connectivity index (χ1n) is 2.65. The van der Waals surface area contributed by atoms with Crippen molar-refractivity contribution in [2.24, 2.45) is 5.73 Å². The maximum Gasteiger partial charge on any atom is 0.405 e. The summed E-state index contributed by atoms with van der Waals surface area (Å²) in [4.78, 5) is 20.0. The van der Waals surface area contributed by atoms with Crippen molar-refractivity contribution in [2.45, 2.75) is 19.0 Å². The van der Waals surface area contributed by atoms with E-state index in [2.05, 4.69) is 10.5 Å². The third-order valence-corrected chi connectivity index (χ3v) is 0.988. The van der Waals surface area contributed by atoms with Gasteiger partial charge in [0, 0.05) is 0 Å². The van der Waals surface area contributed by atoms with Gasteiger partial charge in [-0.2, -0.15) is 0 Å². The van der Waals surface area contributed by atoms with Gasteiger partial charge in [0.2, 0.25) is 5.60 Å². The highest BCUT2D eigenvalue weighted by Crippen LogP contribution is 2.16. The van der Waals surface area contributed by atoms with Crippen LogP contribution in [0.2, 0.25) is 0 Å². The Kier molecular flexibility index (Phi) is 2.91. The number of amides is 1. The summed E-state index contributed by atoms with van der Waals surface area (Å²) in [5, 5.41) is 0. The summed E-state index contributed by atoms with van der Waals surface area (Å²) in [6.07, 6.45) is -4.64. The molecule has 0 aliphatic heterocycles. The summed E-state index contributed by atoms with van der Waals surface area (Å²) in [6, 6.07) is 0. The SMILES string of the molecule is CC(C=O)(OC(N)=O)C(F)F. The Morgan fingerprint density at radius 2 is 2.18 bits per heavy atom. The lowest BCUT2D eigenvalue weighted by Gasteiger charge is -2.20. The third-order valence-electron chi connectivity index (χ3n) is 0.988. The van der Waals surface area contributed by atoms with Crippen molar-refractivity contribution in [1.29, 1.82) is 0 Å². The fourth-order valence-corrected chi connectivity index (χ4v) is 0.337. The van der Waals surface area contributed by atoms with Crippen LogP contribution in [-0.2, 0) is 9.53 Å². The van der Waals surface area contributed by atoms with Gasteiger partial charge in [-0.15, -0.1) is 0 Å². The van der Waals surface area contributed by atoms with Crippen LogP contribution >= 0.6 is 0 Å². The number of rotatable bonds is 3. The monoisotopic (exact) mass is 167 g/mol. The molecule has 0 fully saturated rings. The van der Waals surface area contributed by atoms with Crippen molar-refractivity contribution in [3.63, 3.8) is 0 Å². The van der Waals surface area contributed by atoms with Crippen LogP contribution in [0, 0.1) is 0 Å². The van der Waals surface area contributed by atoms with Crippen LogP contribution in [0.25, 0.3) is 0 Å². The molecule has 0 aliphatic carbocycles. The summed E-state index contributed by atoms with van der Waals surface area (Å²) in [6.45, 7) is 0.773. The van der Waals surface area contributed by atoms with Crippen molar-refractivity contribution in [1.82, 2.24) is 0 Å². The third kappa shape index (κ3) is 2.48. The van der Waals surface area contributed by atoms with E-state index in [0.717, 1.165) is 6.92 Å². The van der Waals surface area contributed by atoms with Crippen LogP contribution in [0.5, 0.6) is 0 Å². The van der Waals surface area contributed by atoms with Gasteiger partial charge in [-0.25, -0.2) is 13.6 Å². The zero-order chi connectivity index (χ0) is 9.07. The molecule has 0 radical (unpaired) electrons. The number of carbonyl (C=O) groups excluding carboxylic acids is 2. The highest BCUT2D eigenvalue weighted by atomic mass is 19.3. The Balaban J connectivity index is 4.34. The molecule has 0 heterocycles. The van der Waals surface area contributed by atoms with E-state index in [1.165, 1.54) is 0 Å². The Bertz CT molecular complexity index is 173. The average molecular weight is 167 g/mol. The van der Waals surface area contributed by atoms with E-state index in [9.17, 15) is 18.4 Å². The molecule has 0 rings (SSSR count). The highest BCUT2D eigenvalue weighted by Gasteiger charge is 2.38. The van der Waals surface area contributed by atoms with E-state index < -0.39 is 18.1 Å². The summed E-state index contributed by atoms with van der Waals surface area (Å²) < 4.78 is 27.6. The summed E-state index contributed by atoms with van der Waals surface area (Å²) in [5.41, 5.74) is 2.01. The van der Waals surface area contributed by atoms with Gasteiger partial charge < -0.3 is 10.5 Å². The molecule has 0 aromatic heterocycles. The second kappa shape index (κ2) is 3.27. The quantitative estimate of drug-likeness (QED) is 0.614. The van der Waals surface area contributed by atoms with Crippen molar-refractivity contribution in [2.75, 3.05) is 0 Å². The highest BCUT2D eigenvalue weighted by molar-refractivity contribution is 5.72. The number of halogens is 2. The molecule has 0 saturated carbocycles. The molecule has 6 heteroatoms.